The molecule has 1 atom stereocenters. The van der Waals surface area contributed by atoms with Crippen molar-refractivity contribution in [2.75, 3.05) is 18.0 Å². The molecule has 1 aliphatic heterocycles. The molecule has 0 spiro atoms. The summed E-state index contributed by atoms with van der Waals surface area (Å²) in [5.74, 6) is 1.91. The van der Waals surface area contributed by atoms with Crippen molar-refractivity contribution < 1.29 is 4.74 Å². The molecule has 3 nitrogen and oxygen atoms in total. The molecule has 116 valence electrons. The molecule has 0 aromatic heterocycles. The van der Waals surface area contributed by atoms with E-state index in [2.05, 4.69) is 67.3 Å². The number of aliphatic imine (C=N–C) groups is 1. The summed E-state index contributed by atoms with van der Waals surface area (Å²) in [7, 11) is 0. The van der Waals surface area contributed by atoms with Gasteiger partial charge in [0, 0.05) is 30.8 Å². The van der Waals surface area contributed by atoms with Crippen LogP contribution in [0.5, 0.6) is 5.75 Å². The molecule has 0 fully saturated rings. The van der Waals surface area contributed by atoms with Gasteiger partial charge in [0.15, 0.2) is 5.75 Å². The predicted molar refractivity (Wildman–Crippen MR) is 95.7 cm³/mol. The molecule has 4 rings (SSSR count). The Kier molecular flexibility index (Phi) is 3.41. The van der Waals surface area contributed by atoms with E-state index in [4.69, 9.17) is 9.73 Å². The maximum Gasteiger partial charge on any atom is 0.155 e. The maximum absolute atomic E-state index is 6.17. The zero-order valence-electron chi connectivity index (χ0n) is 13.5. The number of rotatable bonds is 3. The fourth-order valence-corrected chi connectivity index (χ4v) is 3.30. The second-order valence-corrected chi connectivity index (χ2v) is 5.84. The highest BCUT2D eigenvalue weighted by Crippen LogP contribution is 2.41. The third-order valence-corrected chi connectivity index (χ3v) is 4.57. The lowest BCUT2D eigenvalue weighted by Crippen LogP contribution is -2.26. The molecule has 1 unspecified atom stereocenters. The summed E-state index contributed by atoms with van der Waals surface area (Å²) in [6, 6.07) is 6.29. The quantitative estimate of drug-likeness (QED) is 0.817. The van der Waals surface area contributed by atoms with Crippen molar-refractivity contribution in [1.82, 2.24) is 0 Å². The minimum Gasteiger partial charge on any atom is -0.453 e. The van der Waals surface area contributed by atoms with Crippen molar-refractivity contribution in [2.45, 2.75) is 13.8 Å². The van der Waals surface area contributed by atoms with E-state index in [1.807, 2.05) is 6.08 Å². The molecule has 2 aliphatic carbocycles. The van der Waals surface area contributed by atoms with E-state index < -0.39 is 0 Å². The highest BCUT2D eigenvalue weighted by molar-refractivity contribution is 6.08. The molecule has 0 bridgehead atoms. The number of hydrogen-bond acceptors (Lipinski definition) is 3. The number of allylic oxidation sites excluding steroid dienone is 8. The minimum atomic E-state index is 0.204. The van der Waals surface area contributed by atoms with Gasteiger partial charge in [0.05, 0.1) is 5.71 Å². The molecule has 1 aromatic rings. The fourth-order valence-electron chi connectivity index (χ4n) is 3.30. The van der Waals surface area contributed by atoms with Crippen molar-refractivity contribution in [3.05, 3.63) is 66.0 Å². The Balaban J connectivity index is 1.74. The van der Waals surface area contributed by atoms with Crippen LogP contribution in [0.1, 0.15) is 13.8 Å². The van der Waals surface area contributed by atoms with Crippen LogP contribution in [0.15, 0.2) is 71.0 Å². The van der Waals surface area contributed by atoms with Gasteiger partial charge in [0.2, 0.25) is 0 Å². The lowest BCUT2D eigenvalue weighted by molar-refractivity contribution is 0.445. The highest BCUT2D eigenvalue weighted by Gasteiger charge is 2.29. The number of fused-ring (bicyclic) bond motifs is 4. The summed E-state index contributed by atoms with van der Waals surface area (Å²) in [6.07, 6.45) is 12.6. The molecule has 0 N–H and O–H groups in total. The van der Waals surface area contributed by atoms with Crippen molar-refractivity contribution in [3.8, 4) is 5.75 Å². The van der Waals surface area contributed by atoms with Crippen LogP contribution in [-0.4, -0.2) is 18.8 Å². The van der Waals surface area contributed by atoms with Crippen LogP contribution in [-0.2, 0) is 0 Å². The number of nitrogens with zero attached hydrogens (tertiary/aromatic N) is 2. The first-order chi connectivity index (χ1) is 11.3. The maximum atomic E-state index is 6.17. The third-order valence-electron chi connectivity index (χ3n) is 4.57. The zero-order chi connectivity index (χ0) is 15.8. The molecule has 23 heavy (non-hydrogen) atoms. The molecule has 0 radical (unpaired) electrons. The SMILES string of the molecule is CCN(CC)c1ccc2c(c1)OC1=CC=C3C=CC=CC3C1=N2. The van der Waals surface area contributed by atoms with E-state index in [0.29, 0.717) is 0 Å². The summed E-state index contributed by atoms with van der Waals surface area (Å²) in [6.45, 7) is 6.30. The largest absolute Gasteiger partial charge is 0.453 e. The van der Waals surface area contributed by atoms with Crippen LogP contribution in [0.4, 0.5) is 11.4 Å². The highest BCUT2D eigenvalue weighted by atomic mass is 16.5. The van der Waals surface area contributed by atoms with Gasteiger partial charge in [-0.3, -0.25) is 0 Å². The van der Waals surface area contributed by atoms with E-state index in [1.165, 1.54) is 11.3 Å². The molecule has 1 heterocycles. The molecule has 0 saturated heterocycles. The van der Waals surface area contributed by atoms with E-state index >= 15 is 0 Å². The second-order valence-electron chi connectivity index (χ2n) is 5.84. The smallest absolute Gasteiger partial charge is 0.155 e. The molecule has 3 aliphatic rings. The molecule has 3 heteroatoms. The van der Waals surface area contributed by atoms with Crippen LogP contribution in [0, 0.1) is 5.92 Å². The van der Waals surface area contributed by atoms with E-state index in [-0.39, 0.29) is 5.92 Å². The van der Waals surface area contributed by atoms with Crippen LogP contribution >= 0.6 is 0 Å². The monoisotopic (exact) mass is 304 g/mol. The zero-order valence-corrected chi connectivity index (χ0v) is 13.5. The summed E-state index contributed by atoms with van der Waals surface area (Å²) in [4.78, 5) is 7.19. The van der Waals surface area contributed by atoms with Gasteiger partial charge in [-0.05, 0) is 37.6 Å². The normalized spacial score (nSPS) is 20.4. The van der Waals surface area contributed by atoms with Crippen LogP contribution in [0.3, 0.4) is 0 Å². The van der Waals surface area contributed by atoms with Gasteiger partial charge < -0.3 is 9.64 Å². The summed E-state index contributed by atoms with van der Waals surface area (Å²) in [5, 5.41) is 0. The Hall–Kier alpha value is -2.55. The second kappa shape index (κ2) is 5.58. The van der Waals surface area contributed by atoms with Crippen LogP contribution in [0.2, 0.25) is 0 Å². The average Bonchev–Trinajstić information content (AvgIpc) is 2.61. The van der Waals surface area contributed by atoms with Gasteiger partial charge in [-0.15, -0.1) is 0 Å². The Labute approximate surface area is 137 Å². The summed E-state index contributed by atoms with van der Waals surface area (Å²) >= 11 is 0. The molecule has 0 saturated carbocycles. The standard InChI is InChI=1S/C20H20N2O/c1-3-22(4-2)15-10-11-17-19(13-15)23-18-12-9-14-7-5-6-8-16(14)20(18)21-17/h5-13,16H,3-4H2,1-2H3. The Morgan fingerprint density at radius 1 is 1.13 bits per heavy atom. The number of anilines is 1. The van der Waals surface area contributed by atoms with Crippen molar-refractivity contribution in [3.63, 3.8) is 0 Å². The third kappa shape index (κ3) is 2.33. The fraction of sp³-hybridized carbons (Fsp3) is 0.250. The Morgan fingerprint density at radius 2 is 2.00 bits per heavy atom. The molecule has 0 amide bonds. The lowest BCUT2D eigenvalue weighted by Gasteiger charge is -2.29. The van der Waals surface area contributed by atoms with Gasteiger partial charge in [0.1, 0.15) is 11.4 Å². The number of ether oxygens (including phenoxy) is 1. The predicted octanol–water partition coefficient (Wildman–Crippen LogP) is 4.56. The Bertz CT molecular complexity index is 792. The summed E-state index contributed by atoms with van der Waals surface area (Å²) < 4.78 is 6.17. The van der Waals surface area contributed by atoms with E-state index in [9.17, 15) is 0 Å². The average molecular weight is 304 g/mol. The van der Waals surface area contributed by atoms with Gasteiger partial charge in [-0.25, -0.2) is 4.99 Å². The Morgan fingerprint density at radius 3 is 2.83 bits per heavy atom. The number of benzene rings is 1. The van der Waals surface area contributed by atoms with Crippen LogP contribution in [0.25, 0.3) is 0 Å². The molecule has 1 aromatic carbocycles. The van der Waals surface area contributed by atoms with Crippen LogP contribution < -0.4 is 9.64 Å². The molecular formula is C20H20N2O. The first kappa shape index (κ1) is 14.1. The molecular weight excluding hydrogens is 284 g/mol. The van der Waals surface area contributed by atoms with Gasteiger partial charge >= 0.3 is 0 Å². The topological polar surface area (TPSA) is 24.8 Å². The van der Waals surface area contributed by atoms with Crippen molar-refractivity contribution in [2.24, 2.45) is 10.9 Å². The lowest BCUT2D eigenvalue weighted by atomic mass is 9.85. The van der Waals surface area contributed by atoms with Gasteiger partial charge in [-0.1, -0.05) is 30.4 Å². The van der Waals surface area contributed by atoms with Crippen molar-refractivity contribution in [1.29, 1.82) is 0 Å². The van der Waals surface area contributed by atoms with E-state index in [1.54, 1.807) is 0 Å². The van der Waals surface area contributed by atoms with Crippen molar-refractivity contribution >= 4 is 17.1 Å². The number of hydrogen-bond donors (Lipinski definition) is 0. The van der Waals surface area contributed by atoms with Gasteiger partial charge in [0.25, 0.3) is 0 Å². The first-order valence-corrected chi connectivity index (χ1v) is 8.22. The first-order valence-electron chi connectivity index (χ1n) is 8.22. The minimum absolute atomic E-state index is 0.204. The van der Waals surface area contributed by atoms with Gasteiger partial charge in [-0.2, -0.15) is 0 Å². The summed E-state index contributed by atoms with van der Waals surface area (Å²) in [5.41, 5.74) is 4.37. The van der Waals surface area contributed by atoms with E-state index in [0.717, 1.165) is 36.0 Å².